The van der Waals surface area contributed by atoms with Crippen molar-refractivity contribution in [3.63, 3.8) is 0 Å². The highest BCUT2D eigenvalue weighted by Crippen LogP contribution is 2.44. The number of aryl methyl sites for hydroxylation is 1. The molecular weight excluding hydrogens is 320 g/mol. The van der Waals surface area contributed by atoms with Crippen molar-refractivity contribution in [2.75, 3.05) is 13.6 Å². The smallest absolute Gasteiger partial charge is 0.254 e. The first-order valence-corrected chi connectivity index (χ1v) is 8.97. The SMILES string of the molecule is CN1CCc2cc(Cl)c3[nH+][nH]nc3c2[C@H]2c3ccccc3CC[C@@H]21. The highest BCUT2D eigenvalue weighted by molar-refractivity contribution is 6.34. The number of hydrogen-bond acceptors (Lipinski definition) is 2. The number of hydrogen-bond donors (Lipinski definition) is 1. The Bertz CT molecular complexity index is 932. The zero-order valence-corrected chi connectivity index (χ0v) is 14.4. The van der Waals surface area contributed by atoms with Gasteiger partial charge in [-0.1, -0.05) is 41.1 Å². The molecule has 2 atom stereocenters. The molecule has 2 N–H and O–H groups in total. The van der Waals surface area contributed by atoms with Crippen molar-refractivity contribution < 1.29 is 5.10 Å². The monoisotopic (exact) mass is 339 g/mol. The zero-order chi connectivity index (χ0) is 16.3. The Kier molecular flexibility index (Phi) is 3.19. The Morgan fingerprint density at radius 2 is 2.12 bits per heavy atom. The van der Waals surface area contributed by atoms with Gasteiger partial charge in [0.2, 0.25) is 5.52 Å². The molecule has 4 nitrogen and oxygen atoms in total. The Morgan fingerprint density at radius 3 is 3.04 bits per heavy atom. The molecule has 0 spiro atoms. The maximum Gasteiger partial charge on any atom is 0.254 e. The molecule has 2 aliphatic rings. The van der Waals surface area contributed by atoms with E-state index in [0.29, 0.717) is 12.0 Å². The van der Waals surface area contributed by atoms with Gasteiger partial charge in [-0.05, 0) is 49.1 Å². The van der Waals surface area contributed by atoms with Gasteiger partial charge in [0, 0.05) is 29.2 Å². The minimum Gasteiger partial charge on any atom is -0.302 e. The van der Waals surface area contributed by atoms with Crippen LogP contribution in [0.3, 0.4) is 0 Å². The fraction of sp³-hybridized carbons (Fsp3) is 0.368. The second kappa shape index (κ2) is 5.30. The molecule has 1 aliphatic carbocycles. The van der Waals surface area contributed by atoms with E-state index in [1.54, 1.807) is 0 Å². The van der Waals surface area contributed by atoms with Crippen LogP contribution >= 0.6 is 11.6 Å². The zero-order valence-electron chi connectivity index (χ0n) is 13.6. The largest absolute Gasteiger partial charge is 0.302 e. The summed E-state index contributed by atoms with van der Waals surface area (Å²) >= 11 is 6.50. The molecule has 0 unspecified atom stereocenters. The van der Waals surface area contributed by atoms with Crippen molar-refractivity contribution in [1.29, 1.82) is 0 Å². The number of H-pyrrole nitrogens is 2. The van der Waals surface area contributed by atoms with Gasteiger partial charge >= 0.3 is 0 Å². The molecular formula is C19H20ClN4+. The third-order valence-electron chi connectivity index (χ3n) is 5.82. The van der Waals surface area contributed by atoms with E-state index in [9.17, 15) is 0 Å². The van der Waals surface area contributed by atoms with Crippen molar-refractivity contribution in [2.45, 2.75) is 31.2 Å². The number of fused-ring (bicyclic) bond motifs is 7. The minimum absolute atomic E-state index is 0.355. The van der Waals surface area contributed by atoms with E-state index in [1.807, 2.05) is 0 Å². The summed E-state index contributed by atoms with van der Waals surface area (Å²) in [4.78, 5) is 2.52. The average Bonchev–Trinajstić information content (AvgIpc) is 3.04. The molecule has 1 aliphatic heterocycles. The van der Waals surface area contributed by atoms with Crippen LogP contribution in [-0.2, 0) is 12.8 Å². The fourth-order valence-electron chi connectivity index (χ4n) is 4.66. The molecule has 0 bridgehead atoms. The lowest BCUT2D eigenvalue weighted by molar-refractivity contribution is -0.426. The number of nitrogens with zero attached hydrogens (tertiary/aromatic N) is 2. The van der Waals surface area contributed by atoms with Crippen LogP contribution in [0.15, 0.2) is 30.3 Å². The van der Waals surface area contributed by atoms with Crippen molar-refractivity contribution in [3.8, 4) is 0 Å². The number of likely N-dealkylation sites (N-methyl/N-ethyl adjacent to an activating group) is 1. The summed E-state index contributed by atoms with van der Waals surface area (Å²) in [5, 5.41) is 11.3. The van der Waals surface area contributed by atoms with E-state index in [4.69, 9.17) is 11.6 Å². The number of nitrogens with one attached hydrogen (secondary N) is 2. The van der Waals surface area contributed by atoms with Gasteiger partial charge in [-0.3, -0.25) is 0 Å². The molecule has 0 radical (unpaired) electrons. The number of rotatable bonds is 0. The first kappa shape index (κ1) is 14.4. The van der Waals surface area contributed by atoms with Crippen molar-refractivity contribution in [1.82, 2.24) is 15.2 Å². The Labute approximate surface area is 145 Å². The molecule has 5 rings (SSSR count). The summed E-state index contributed by atoms with van der Waals surface area (Å²) in [6, 6.07) is 11.5. The second-order valence-electron chi connectivity index (χ2n) is 7.02. The highest BCUT2D eigenvalue weighted by Gasteiger charge is 2.39. The van der Waals surface area contributed by atoms with E-state index in [0.717, 1.165) is 35.4 Å². The highest BCUT2D eigenvalue weighted by atomic mass is 35.5. The predicted octanol–water partition coefficient (Wildman–Crippen LogP) is 2.97. The number of aromatic nitrogens is 3. The summed E-state index contributed by atoms with van der Waals surface area (Å²) in [5.41, 5.74) is 7.54. The van der Waals surface area contributed by atoms with E-state index >= 15 is 0 Å². The molecule has 0 saturated carbocycles. The van der Waals surface area contributed by atoms with E-state index in [2.05, 4.69) is 57.7 Å². The molecule has 3 aromatic rings. The molecule has 24 heavy (non-hydrogen) atoms. The van der Waals surface area contributed by atoms with Crippen LogP contribution in [0.4, 0.5) is 0 Å². The van der Waals surface area contributed by atoms with Crippen molar-refractivity contribution in [3.05, 3.63) is 57.6 Å². The summed E-state index contributed by atoms with van der Waals surface area (Å²) in [5.74, 6) is 0.355. The summed E-state index contributed by atoms with van der Waals surface area (Å²) in [6.45, 7) is 1.06. The lowest BCUT2D eigenvalue weighted by Gasteiger charge is -2.37. The third-order valence-corrected chi connectivity index (χ3v) is 6.12. The van der Waals surface area contributed by atoms with Crippen LogP contribution in [0, 0.1) is 0 Å². The van der Waals surface area contributed by atoms with Gasteiger partial charge in [0.15, 0.2) is 0 Å². The minimum atomic E-state index is 0.355. The number of benzene rings is 2. The predicted molar refractivity (Wildman–Crippen MR) is 94.4 cm³/mol. The summed E-state index contributed by atoms with van der Waals surface area (Å²) in [6.07, 6.45) is 3.36. The molecule has 122 valence electrons. The molecule has 2 aromatic carbocycles. The fourth-order valence-corrected chi connectivity index (χ4v) is 4.93. The molecule has 0 fully saturated rings. The van der Waals surface area contributed by atoms with Gasteiger partial charge in [-0.15, -0.1) is 0 Å². The van der Waals surface area contributed by atoms with Crippen LogP contribution < -0.4 is 5.10 Å². The number of aromatic amines is 2. The maximum absolute atomic E-state index is 6.50. The van der Waals surface area contributed by atoms with Gasteiger partial charge in [0.1, 0.15) is 0 Å². The average molecular weight is 340 g/mol. The lowest BCUT2D eigenvalue weighted by Crippen LogP contribution is -2.39. The van der Waals surface area contributed by atoms with Crippen molar-refractivity contribution >= 4 is 22.6 Å². The van der Waals surface area contributed by atoms with Crippen LogP contribution in [-0.4, -0.2) is 34.8 Å². The molecule has 2 heterocycles. The van der Waals surface area contributed by atoms with Gasteiger partial charge in [-0.2, -0.15) is 5.10 Å². The summed E-state index contributed by atoms with van der Waals surface area (Å²) < 4.78 is 0. The lowest BCUT2D eigenvalue weighted by atomic mass is 9.74. The Hall–Kier alpha value is -1.91. The molecule has 1 aromatic heterocycles. The first-order chi connectivity index (χ1) is 11.7. The molecule has 5 heteroatoms. The Balaban J connectivity index is 1.84. The van der Waals surface area contributed by atoms with Gasteiger partial charge in [0.25, 0.3) is 5.52 Å². The van der Waals surface area contributed by atoms with Crippen LogP contribution in [0.2, 0.25) is 5.02 Å². The van der Waals surface area contributed by atoms with Gasteiger partial charge in [0.05, 0.1) is 5.02 Å². The first-order valence-electron chi connectivity index (χ1n) is 8.59. The van der Waals surface area contributed by atoms with Crippen LogP contribution in [0.5, 0.6) is 0 Å². The van der Waals surface area contributed by atoms with Crippen LogP contribution in [0.1, 0.15) is 34.6 Å². The molecule has 0 saturated heterocycles. The topological polar surface area (TPSA) is 46.1 Å². The third kappa shape index (κ3) is 1.96. The standard InChI is InChI=1S/C19H19ClN4/c1-24-9-8-12-10-14(20)18-19(22-23-21-18)16(12)17-13-5-3-2-4-11(13)6-7-15(17)24/h2-5,10,15,17H,6-9H2,1H3,(H,21,22,23)/p+1/t15-,17-/m0/s1. The summed E-state index contributed by atoms with van der Waals surface area (Å²) in [7, 11) is 2.26. The van der Waals surface area contributed by atoms with Gasteiger partial charge < -0.3 is 4.90 Å². The number of halogens is 1. The Morgan fingerprint density at radius 1 is 1.25 bits per heavy atom. The van der Waals surface area contributed by atoms with Crippen LogP contribution in [0.25, 0.3) is 11.0 Å². The molecule has 0 amide bonds. The van der Waals surface area contributed by atoms with E-state index in [-0.39, 0.29) is 0 Å². The maximum atomic E-state index is 6.50. The van der Waals surface area contributed by atoms with E-state index in [1.165, 1.54) is 28.7 Å². The van der Waals surface area contributed by atoms with Gasteiger partial charge in [-0.25, -0.2) is 0 Å². The van der Waals surface area contributed by atoms with E-state index < -0.39 is 0 Å². The van der Waals surface area contributed by atoms with Crippen molar-refractivity contribution in [2.24, 2.45) is 0 Å². The quantitative estimate of drug-likeness (QED) is 0.684. The normalized spacial score (nSPS) is 23.4. The second-order valence-corrected chi connectivity index (χ2v) is 7.42.